The fraction of sp³-hybridized carbons (Fsp3) is 0.386. The van der Waals surface area contributed by atoms with E-state index in [-0.39, 0.29) is 27.1 Å². The lowest BCUT2D eigenvalue weighted by atomic mass is 9.33. The molecule has 2 aromatic heterocycles. The predicted octanol–water partition coefficient (Wildman–Crippen LogP) is 34.4. The molecule has 0 saturated carbocycles. The number of nitrogens with zero attached hydrogens (tertiary/aromatic N) is 4. The minimum absolute atomic E-state index is 0.165. The molecule has 0 amide bonds. The van der Waals surface area contributed by atoms with E-state index in [1.807, 2.05) is 132 Å². The molecule has 2 aliphatic rings. The first-order valence-electron chi connectivity index (χ1n) is 52.4. The Morgan fingerprint density at radius 3 is 0.727 bits per heavy atom. The highest BCUT2D eigenvalue weighted by Gasteiger charge is 2.47. The number of hydrogen-bond donors (Lipinski definition) is 0. The lowest BCUT2D eigenvalue weighted by Crippen LogP contribution is -2.61. The Bertz CT molecular complexity index is 6740. The first-order valence-corrected chi connectivity index (χ1v) is 48.4. The van der Waals surface area contributed by atoms with Gasteiger partial charge < -0.3 is 18.9 Å². The van der Waals surface area contributed by atoms with Crippen LogP contribution in [0.15, 0.2) is 243 Å². The molecular weight excluding hydrogens is 1590 g/mol. The average Bonchev–Trinajstić information content (AvgIpc) is 0.767. The van der Waals surface area contributed by atoms with Gasteiger partial charge in [0.2, 0.25) is 0 Å². The number of fused-ring (bicyclic) bond motifs is 10. The number of rotatable bonds is 13. The predicted molar refractivity (Wildman–Crippen MR) is 579 cm³/mol. The summed E-state index contributed by atoms with van der Waals surface area (Å²) < 4.78 is 87.0. The molecule has 0 saturated heterocycles. The van der Waals surface area contributed by atoms with Gasteiger partial charge in [0.15, 0.2) is 0 Å². The lowest BCUT2D eigenvalue weighted by molar-refractivity contribution is 0.411. The fourth-order valence-electron chi connectivity index (χ4n) is 20.3. The minimum Gasteiger partial charge on any atom is -0.310 e. The van der Waals surface area contributed by atoms with Crippen molar-refractivity contribution < 1.29 is 11.0 Å². The van der Waals surface area contributed by atoms with Gasteiger partial charge in [-0.05, 0) is 301 Å². The van der Waals surface area contributed by atoms with Crippen LogP contribution in [0.25, 0.3) is 99.5 Å². The van der Waals surface area contributed by atoms with E-state index in [9.17, 15) is 11.0 Å². The van der Waals surface area contributed by atoms with Crippen LogP contribution in [-0.4, -0.2) is 15.8 Å². The second kappa shape index (κ2) is 32.5. The highest BCUT2D eigenvalue weighted by atomic mass is 15.2. The third kappa shape index (κ3) is 18.5. The van der Waals surface area contributed by atoms with Gasteiger partial charge in [0.05, 0.1) is 33.4 Å². The summed E-state index contributed by atoms with van der Waals surface area (Å²) >= 11 is 0. The van der Waals surface area contributed by atoms with Crippen molar-refractivity contribution in [1.82, 2.24) is 9.13 Å². The Morgan fingerprint density at radius 2 is 0.492 bits per heavy atom. The van der Waals surface area contributed by atoms with E-state index in [0.29, 0.717) is 28.7 Å². The van der Waals surface area contributed by atoms with Crippen LogP contribution < -0.4 is 26.2 Å². The second-order valence-corrected chi connectivity index (χ2v) is 50.1. The van der Waals surface area contributed by atoms with Crippen molar-refractivity contribution in [2.45, 2.75) is 293 Å². The van der Waals surface area contributed by atoms with Crippen LogP contribution in [0.4, 0.5) is 34.1 Å². The van der Waals surface area contributed by atoms with Gasteiger partial charge in [0, 0.05) is 88.9 Å². The smallest absolute Gasteiger partial charge is 0.252 e. The van der Waals surface area contributed by atoms with E-state index in [1.54, 1.807) is 0 Å². The molecule has 0 N–H and O–H groups in total. The molecule has 132 heavy (non-hydrogen) atoms. The Hall–Kier alpha value is -10.9. The van der Waals surface area contributed by atoms with Gasteiger partial charge in [-0.2, -0.15) is 0 Å². The largest absolute Gasteiger partial charge is 0.310 e. The SMILES string of the molecule is [2H]C([2H])(c1cccc(-c2cc(C(C)(C)C)cc(-c3cccc(C([2H])([2H])C(C)(C)C)c3)c2N2c3cc(-n4c5ccc(C(C)(C)C)cc5c5cc(C(C)(C)C)ccc54)ccc3B3c4ccc(-n5c6ccc(C(C)(C)C)cc6c6cc(C(C)(C)C)ccc65)cc4N(c4c(-c5cccc(C([2H])([2H])C(C)(C)C)c5)cc(C(C)(C)C)cc4-c4cccc(C([2H])([2H])C(C)(C)C)c4)c4cc(CC(C)(C)C)cc2c43)c1)C(C)(C)C. The summed E-state index contributed by atoms with van der Waals surface area (Å²) in [7, 11) is 0. The van der Waals surface area contributed by atoms with Crippen molar-refractivity contribution in [1.29, 1.82) is 0 Å². The van der Waals surface area contributed by atoms with Gasteiger partial charge in [-0.15, -0.1) is 0 Å². The van der Waals surface area contributed by atoms with Crippen molar-refractivity contribution in [3.63, 3.8) is 0 Å². The van der Waals surface area contributed by atoms with Crippen molar-refractivity contribution in [3.05, 3.63) is 304 Å². The maximum Gasteiger partial charge on any atom is 0.252 e. The van der Waals surface area contributed by atoms with E-state index in [4.69, 9.17) is 0 Å². The maximum atomic E-state index is 10.2. The van der Waals surface area contributed by atoms with Gasteiger partial charge >= 0.3 is 0 Å². The number of aromatic nitrogens is 2. The van der Waals surface area contributed by atoms with E-state index in [0.717, 1.165) is 145 Å². The van der Waals surface area contributed by atoms with E-state index in [1.165, 1.54) is 43.8 Å². The monoisotopic (exact) mass is 1750 g/mol. The lowest BCUT2D eigenvalue weighted by Gasteiger charge is -2.46. The fourth-order valence-corrected chi connectivity index (χ4v) is 20.3. The van der Waals surface area contributed by atoms with Crippen molar-refractivity contribution in [2.24, 2.45) is 27.1 Å². The van der Waals surface area contributed by atoms with Crippen LogP contribution in [0.1, 0.15) is 301 Å². The molecule has 4 heterocycles. The van der Waals surface area contributed by atoms with Crippen LogP contribution in [0.3, 0.4) is 0 Å². The summed E-state index contributed by atoms with van der Waals surface area (Å²) in [4.78, 5) is 5.20. The zero-order valence-electron chi connectivity index (χ0n) is 93.7. The molecule has 0 unspecified atom stereocenters. The van der Waals surface area contributed by atoms with Crippen molar-refractivity contribution in [3.8, 4) is 55.9 Å². The Morgan fingerprint density at radius 1 is 0.235 bits per heavy atom. The molecule has 2 aliphatic heterocycles. The Balaban J connectivity index is 1.13. The standard InChI is InChI=1S/C127H149BN4/c1-117(2,3)74-79-38-34-42-84(58-79)96-68-92(126(28,29)30)69-97(85-43-35-39-80(59-85)75-118(4,5)6)115(96)131-110-72-94(129-106-54-46-88(122(16,17)18)64-100(106)101-65-89(123(19,20)21)47-55-107(101)129)50-52-104(110)128-105-53-51-95(130-108-56-48-90(124(22,23)24)66-102(108)103-67-91(125(25,26)27)49-57-109(103)130)73-111(105)132(113-63-83(78-121(13,14)15)62-112(131)114(113)128)116-98(86-44-36-40-81(60-86)76-119(7,8)9)70-93(127(31,32)33)71-99(116)87-45-37-41-82(61-87)77-120(10,11)12/h34-73H,74-78H2,1-33H3/i74D2,75D2,76D2,77D2. The van der Waals surface area contributed by atoms with E-state index in [2.05, 4.69) is 358 Å². The van der Waals surface area contributed by atoms with Gasteiger partial charge in [0.25, 0.3) is 6.71 Å². The molecule has 0 bridgehead atoms. The van der Waals surface area contributed by atoms with Gasteiger partial charge in [-0.3, -0.25) is 0 Å². The molecule has 13 aromatic carbocycles. The zero-order chi connectivity index (χ0) is 102. The van der Waals surface area contributed by atoms with E-state index >= 15 is 0 Å². The minimum atomic E-state index is -1.81. The molecule has 0 aliphatic carbocycles. The van der Waals surface area contributed by atoms with Crippen LogP contribution in [0.2, 0.25) is 0 Å². The quantitative estimate of drug-likeness (QED) is 0.107. The van der Waals surface area contributed by atoms with Crippen LogP contribution >= 0.6 is 0 Å². The molecule has 5 heteroatoms. The zero-order valence-corrected chi connectivity index (χ0v) is 85.7. The summed E-state index contributed by atoms with van der Waals surface area (Å²) in [6.07, 6.45) is -6.62. The molecule has 4 nitrogen and oxygen atoms in total. The van der Waals surface area contributed by atoms with Gasteiger partial charge in [-0.1, -0.05) is 362 Å². The molecular formula is C127H149BN4. The Kier molecular flexibility index (Phi) is 20.4. The summed E-state index contributed by atoms with van der Waals surface area (Å²) in [6, 6.07) is 90.5. The number of anilines is 6. The van der Waals surface area contributed by atoms with Crippen LogP contribution in [-0.2, 0) is 64.4 Å². The topological polar surface area (TPSA) is 16.3 Å². The molecule has 17 rings (SSSR count). The molecule has 0 atom stereocenters. The first-order chi connectivity index (χ1) is 64.4. The molecule has 0 spiro atoms. The highest BCUT2D eigenvalue weighted by molar-refractivity contribution is 7.00. The summed E-state index contributed by atoms with van der Waals surface area (Å²) in [5.74, 6) is 0. The maximum absolute atomic E-state index is 10.2. The van der Waals surface area contributed by atoms with Crippen molar-refractivity contribution in [2.75, 3.05) is 9.80 Å². The van der Waals surface area contributed by atoms with E-state index < -0.39 is 64.7 Å². The number of hydrogen-bond acceptors (Lipinski definition) is 2. The normalized spacial score (nSPS) is 15.2. The Labute approximate surface area is 805 Å². The van der Waals surface area contributed by atoms with Crippen molar-refractivity contribution >= 4 is 101 Å². The molecule has 680 valence electrons. The summed E-state index contributed by atoms with van der Waals surface area (Å²) in [6.45, 7) is 71.5. The van der Waals surface area contributed by atoms with Gasteiger partial charge in [-0.25, -0.2) is 0 Å². The number of benzene rings is 13. The first kappa shape index (κ1) is 83.0. The molecule has 0 radical (unpaired) electrons. The molecule has 0 fully saturated rings. The third-order valence-corrected chi connectivity index (χ3v) is 26.5. The second-order valence-electron chi connectivity index (χ2n) is 50.1. The summed E-state index contributed by atoms with van der Waals surface area (Å²) in [5, 5.41) is 4.67. The highest BCUT2D eigenvalue weighted by Crippen LogP contribution is 2.57. The molecule has 15 aromatic rings. The summed E-state index contributed by atoms with van der Waals surface area (Å²) in [5.41, 5.74) is 26.6. The average molecular weight is 1750 g/mol. The van der Waals surface area contributed by atoms with Crippen LogP contribution in [0, 0.1) is 27.1 Å². The van der Waals surface area contributed by atoms with Crippen LogP contribution in [0.5, 0.6) is 0 Å². The van der Waals surface area contributed by atoms with Gasteiger partial charge in [0.1, 0.15) is 0 Å². The third-order valence-electron chi connectivity index (χ3n) is 26.5.